The Labute approximate surface area is 115 Å². The monoisotopic (exact) mass is 283 g/mol. The van der Waals surface area contributed by atoms with Crippen molar-refractivity contribution in [3.63, 3.8) is 0 Å². The number of benzene rings is 1. The summed E-state index contributed by atoms with van der Waals surface area (Å²) in [5, 5.41) is 9.26. The number of carbonyl (C=O) groups excluding carboxylic acids is 1. The zero-order chi connectivity index (χ0) is 14.0. The van der Waals surface area contributed by atoms with Gasteiger partial charge in [0.25, 0.3) is 5.91 Å². The summed E-state index contributed by atoms with van der Waals surface area (Å²) in [6.07, 6.45) is -0.143. The van der Waals surface area contributed by atoms with E-state index in [0.717, 1.165) is 5.56 Å². The van der Waals surface area contributed by atoms with Gasteiger partial charge >= 0.3 is 5.97 Å². The Bertz CT molecular complexity index is 517. The number of halogens is 1. The Hall–Kier alpha value is -1.75. The van der Waals surface area contributed by atoms with Gasteiger partial charge in [-0.1, -0.05) is 17.7 Å². The van der Waals surface area contributed by atoms with Gasteiger partial charge < -0.3 is 14.7 Å². The Kier molecular flexibility index (Phi) is 3.95. The molecule has 102 valence electrons. The highest BCUT2D eigenvalue weighted by Crippen LogP contribution is 2.24. The summed E-state index contributed by atoms with van der Waals surface area (Å²) in [4.78, 5) is 23.8. The fourth-order valence-electron chi connectivity index (χ4n) is 1.95. The van der Waals surface area contributed by atoms with Crippen molar-refractivity contribution in [2.45, 2.75) is 19.4 Å². The minimum absolute atomic E-state index is 0.284. The van der Waals surface area contributed by atoms with Crippen LogP contribution in [0.3, 0.4) is 0 Å². The van der Waals surface area contributed by atoms with Gasteiger partial charge in [0.1, 0.15) is 12.3 Å². The van der Waals surface area contributed by atoms with Gasteiger partial charge in [-0.3, -0.25) is 9.59 Å². The van der Waals surface area contributed by atoms with Gasteiger partial charge in [0.05, 0.1) is 0 Å². The Morgan fingerprint density at radius 3 is 2.95 bits per heavy atom. The molecule has 1 atom stereocenters. The molecule has 1 saturated heterocycles. The molecule has 0 bridgehead atoms. The molecule has 1 unspecified atom stereocenters. The van der Waals surface area contributed by atoms with Crippen LogP contribution in [0.1, 0.15) is 12.0 Å². The number of aliphatic carboxylic acids is 1. The number of carboxylic acids is 1. The second-order valence-corrected chi connectivity index (χ2v) is 4.87. The standard InChI is InChI=1S/C13H14ClNO4/c1-8-2-3-9(6-10(8)14)19-11-4-5-15(13(11)18)7-12(16)17/h2-3,6,11H,4-5,7H2,1H3,(H,16,17). The molecule has 0 spiro atoms. The second-order valence-electron chi connectivity index (χ2n) is 4.46. The quantitative estimate of drug-likeness (QED) is 0.913. The van der Waals surface area contributed by atoms with Crippen LogP contribution >= 0.6 is 11.6 Å². The number of carbonyl (C=O) groups is 2. The van der Waals surface area contributed by atoms with Crippen LogP contribution in [0.25, 0.3) is 0 Å². The van der Waals surface area contributed by atoms with Crippen molar-refractivity contribution >= 4 is 23.5 Å². The van der Waals surface area contributed by atoms with Crippen molar-refractivity contribution in [1.29, 1.82) is 0 Å². The lowest BCUT2D eigenvalue weighted by Crippen LogP contribution is -2.35. The van der Waals surface area contributed by atoms with E-state index in [1.807, 2.05) is 13.0 Å². The Morgan fingerprint density at radius 1 is 1.58 bits per heavy atom. The third kappa shape index (κ3) is 3.17. The summed E-state index contributed by atoms with van der Waals surface area (Å²) >= 11 is 5.98. The maximum atomic E-state index is 11.9. The van der Waals surface area contributed by atoms with Crippen LogP contribution in [0.4, 0.5) is 0 Å². The number of ether oxygens (including phenoxy) is 1. The first-order valence-corrected chi connectivity index (χ1v) is 6.28. The number of rotatable bonds is 4. The minimum Gasteiger partial charge on any atom is -0.480 e. The van der Waals surface area contributed by atoms with Gasteiger partial charge in [0.2, 0.25) is 0 Å². The molecule has 0 radical (unpaired) electrons. The lowest BCUT2D eigenvalue weighted by atomic mass is 10.2. The zero-order valence-corrected chi connectivity index (χ0v) is 11.2. The Balaban J connectivity index is 2.02. The molecule has 1 N–H and O–H groups in total. The third-order valence-electron chi connectivity index (χ3n) is 3.00. The predicted octanol–water partition coefficient (Wildman–Crippen LogP) is 1.71. The van der Waals surface area contributed by atoms with E-state index in [1.165, 1.54) is 4.90 Å². The molecule has 1 amide bonds. The molecule has 1 aliphatic heterocycles. The largest absolute Gasteiger partial charge is 0.480 e. The van der Waals surface area contributed by atoms with E-state index in [1.54, 1.807) is 12.1 Å². The van der Waals surface area contributed by atoms with Crippen molar-refractivity contribution in [3.05, 3.63) is 28.8 Å². The SMILES string of the molecule is Cc1ccc(OC2CCN(CC(=O)O)C2=O)cc1Cl. The number of nitrogens with zero attached hydrogens (tertiary/aromatic N) is 1. The van der Waals surface area contributed by atoms with E-state index in [4.69, 9.17) is 21.4 Å². The lowest BCUT2D eigenvalue weighted by Gasteiger charge is -2.15. The fourth-order valence-corrected chi connectivity index (χ4v) is 2.12. The summed E-state index contributed by atoms with van der Waals surface area (Å²) in [5.41, 5.74) is 0.930. The van der Waals surface area contributed by atoms with E-state index in [9.17, 15) is 9.59 Å². The van der Waals surface area contributed by atoms with Crippen LogP contribution in [-0.2, 0) is 9.59 Å². The topological polar surface area (TPSA) is 66.8 Å². The van der Waals surface area contributed by atoms with Crippen molar-refractivity contribution in [1.82, 2.24) is 4.90 Å². The highest BCUT2D eigenvalue weighted by Gasteiger charge is 2.34. The number of hydrogen-bond donors (Lipinski definition) is 1. The summed E-state index contributed by atoms with van der Waals surface area (Å²) in [7, 11) is 0. The second kappa shape index (κ2) is 5.48. The van der Waals surface area contributed by atoms with Gasteiger partial charge in [-0.05, 0) is 24.6 Å². The molecule has 1 aromatic carbocycles. The highest BCUT2D eigenvalue weighted by atomic mass is 35.5. The molecule has 6 heteroatoms. The molecule has 1 aromatic rings. The van der Waals surface area contributed by atoms with Crippen LogP contribution in [-0.4, -0.2) is 41.1 Å². The number of hydrogen-bond acceptors (Lipinski definition) is 3. The van der Waals surface area contributed by atoms with Crippen LogP contribution < -0.4 is 4.74 Å². The van der Waals surface area contributed by atoms with Gasteiger partial charge in [0.15, 0.2) is 6.10 Å². The van der Waals surface area contributed by atoms with Crippen LogP contribution in [0.2, 0.25) is 5.02 Å². The fraction of sp³-hybridized carbons (Fsp3) is 0.385. The number of aryl methyl sites for hydroxylation is 1. The van der Waals surface area contributed by atoms with Gasteiger partial charge in [-0.25, -0.2) is 0 Å². The molecule has 19 heavy (non-hydrogen) atoms. The van der Waals surface area contributed by atoms with Crippen LogP contribution in [0.5, 0.6) is 5.75 Å². The third-order valence-corrected chi connectivity index (χ3v) is 3.40. The molecule has 1 heterocycles. The first-order valence-electron chi connectivity index (χ1n) is 5.91. The normalized spacial score (nSPS) is 18.7. The van der Waals surface area contributed by atoms with Crippen LogP contribution in [0, 0.1) is 6.92 Å². The van der Waals surface area contributed by atoms with E-state index < -0.39 is 12.1 Å². The number of carboxylic acid groups (broad SMARTS) is 1. The molecule has 5 nitrogen and oxygen atoms in total. The summed E-state index contributed by atoms with van der Waals surface area (Å²) in [6, 6.07) is 5.21. The lowest BCUT2D eigenvalue weighted by molar-refractivity contribution is -0.144. The Morgan fingerprint density at radius 2 is 2.32 bits per heavy atom. The predicted molar refractivity (Wildman–Crippen MR) is 69.4 cm³/mol. The minimum atomic E-state index is -1.02. The van der Waals surface area contributed by atoms with Crippen molar-refractivity contribution in [3.8, 4) is 5.75 Å². The molecule has 1 aliphatic rings. The molecule has 0 saturated carbocycles. The maximum absolute atomic E-state index is 11.9. The molecule has 2 rings (SSSR count). The van der Waals surface area contributed by atoms with E-state index in [2.05, 4.69) is 0 Å². The highest BCUT2D eigenvalue weighted by molar-refractivity contribution is 6.31. The summed E-state index contributed by atoms with van der Waals surface area (Å²) in [6.45, 7) is 1.99. The molecule has 1 fully saturated rings. The van der Waals surface area contributed by atoms with E-state index >= 15 is 0 Å². The molecular formula is C13H14ClNO4. The first kappa shape index (κ1) is 13.7. The van der Waals surface area contributed by atoms with Crippen LogP contribution in [0.15, 0.2) is 18.2 Å². The van der Waals surface area contributed by atoms with Crippen molar-refractivity contribution in [2.24, 2.45) is 0 Å². The molecule has 0 aliphatic carbocycles. The van der Waals surface area contributed by atoms with Crippen molar-refractivity contribution < 1.29 is 19.4 Å². The van der Waals surface area contributed by atoms with Crippen molar-refractivity contribution in [2.75, 3.05) is 13.1 Å². The summed E-state index contributed by atoms with van der Waals surface area (Å²) < 4.78 is 5.57. The first-order chi connectivity index (χ1) is 8.97. The van der Waals surface area contributed by atoms with Gasteiger partial charge in [-0.2, -0.15) is 0 Å². The number of amides is 1. The smallest absolute Gasteiger partial charge is 0.323 e. The van der Waals surface area contributed by atoms with Gasteiger partial charge in [0, 0.05) is 18.0 Å². The number of likely N-dealkylation sites (tertiary alicyclic amines) is 1. The van der Waals surface area contributed by atoms with E-state index in [0.29, 0.717) is 23.7 Å². The zero-order valence-electron chi connectivity index (χ0n) is 10.4. The maximum Gasteiger partial charge on any atom is 0.323 e. The average Bonchev–Trinajstić information content (AvgIpc) is 2.66. The average molecular weight is 284 g/mol. The van der Waals surface area contributed by atoms with E-state index in [-0.39, 0.29) is 12.5 Å². The van der Waals surface area contributed by atoms with Gasteiger partial charge in [-0.15, -0.1) is 0 Å². The molecule has 0 aromatic heterocycles. The summed E-state index contributed by atoms with van der Waals surface area (Å²) in [5.74, 6) is -0.794. The molecular weight excluding hydrogens is 270 g/mol.